The Morgan fingerprint density at radius 2 is 1.13 bits per heavy atom. The second-order valence-electron chi connectivity index (χ2n) is 14.6. The molecule has 2 aliphatic carbocycles. The molecule has 2 saturated heterocycles. The van der Waals surface area contributed by atoms with Crippen molar-refractivity contribution < 1.29 is 38.1 Å². The fourth-order valence-electron chi connectivity index (χ4n) is 8.51. The Bertz CT molecular complexity index is 1580. The topological polar surface area (TPSA) is 193 Å². The molecule has 2 aliphatic heterocycles. The third-order valence-corrected chi connectivity index (χ3v) is 11.4. The van der Waals surface area contributed by atoms with E-state index in [0.29, 0.717) is 24.9 Å². The number of imidazole rings is 2. The Kier molecular flexibility index (Phi) is 13.1. The van der Waals surface area contributed by atoms with Crippen molar-refractivity contribution in [2.45, 2.75) is 88.4 Å². The number of methoxy groups -OCH3 is 4. The normalized spacial score (nSPS) is 24.0. The van der Waals surface area contributed by atoms with E-state index in [1.165, 1.54) is 39.6 Å². The van der Waals surface area contributed by atoms with Crippen molar-refractivity contribution in [3.05, 3.63) is 47.6 Å². The molecule has 2 aromatic heterocycles. The van der Waals surface area contributed by atoms with Crippen molar-refractivity contribution in [3.8, 4) is 0 Å². The number of likely N-dealkylation sites (tertiary alicyclic amines) is 2. The van der Waals surface area contributed by atoms with Gasteiger partial charge in [0.2, 0.25) is 11.8 Å². The molecule has 4 amide bonds. The van der Waals surface area contributed by atoms with E-state index in [0.717, 1.165) is 87.2 Å². The summed E-state index contributed by atoms with van der Waals surface area (Å²) < 4.78 is 19.8. The predicted octanol–water partition coefficient (Wildman–Crippen LogP) is 4.27. The standard InChI is InChI=1S/C38H54N8O8/c1-51-21-29(43-37(49)53-3)35(47)45-17-5-7-31(45)33-39-19-27(41-33)25-13-9-23(10-14-25)24-11-15-26(16-12-24)28-20-40-34(42-28)32-8-6-18-46(32)36(48)30(22-52-2)44-38(50)54-4/h13,15,19-20,23-24,29-32H,5-12,14,16-18,21-22H2,1-4H3,(H,39,41)(H,40,42)(H,43,49)(H,44,50)/t23?,24?,29-,30+,31-,32-/m0/s1. The lowest BCUT2D eigenvalue weighted by atomic mass is 9.74. The SMILES string of the molecule is COC[C@H](NC(=O)OC)C(=O)N1CCC[C@H]1c1ncc(C2=CCC(C3CC=C(c4cnc([C@@H]5CCCN5C(=O)[C@@H](COC)NC(=O)OC)[nH]4)CC3)CC2)[nH]1. The van der Waals surface area contributed by atoms with Gasteiger partial charge in [-0.05, 0) is 87.2 Å². The maximum absolute atomic E-state index is 13.4. The maximum Gasteiger partial charge on any atom is 0.407 e. The third kappa shape index (κ3) is 8.81. The highest BCUT2D eigenvalue weighted by atomic mass is 16.5. The monoisotopic (exact) mass is 750 g/mol. The van der Waals surface area contributed by atoms with Gasteiger partial charge in [-0.2, -0.15) is 0 Å². The van der Waals surface area contributed by atoms with E-state index in [1.807, 2.05) is 12.4 Å². The molecule has 294 valence electrons. The van der Waals surface area contributed by atoms with E-state index >= 15 is 0 Å². The van der Waals surface area contributed by atoms with Crippen LogP contribution in [-0.4, -0.2) is 121 Å². The fourth-order valence-corrected chi connectivity index (χ4v) is 8.51. The van der Waals surface area contributed by atoms with Crippen molar-refractivity contribution in [3.63, 3.8) is 0 Å². The first-order valence-corrected chi connectivity index (χ1v) is 19.0. The van der Waals surface area contributed by atoms with Crippen molar-refractivity contribution in [2.24, 2.45) is 11.8 Å². The molecule has 0 saturated carbocycles. The summed E-state index contributed by atoms with van der Waals surface area (Å²) in [5, 5.41) is 5.18. The summed E-state index contributed by atoms with van der Waals surface area (Å²) >= 11 is 0. The van der Waals surface area contributed by atoms with E-state index < -0.39 is 24.3 Å². The molecule has 2 aromatic rings. The van der Waals surface area contributed by atoms with Crippen LogP contribution in [0.4, 0.5) is 9.59 Å². The van der Waals surface area contributed by atoms with Crippen molar-refractivity contribution in [2.75, 3.05) is 54.7 Å². The number of amides is 4. The molecule has 0 spiro atoms. The quantitative estimate of drug-likeness (QED) is 0.230. The molecule has 0 bridgehead atoms. The number of aromatic nitrogens is 4. The number of hydrogen-bond donors (Lipinski definition) is 4. The summed E-state index contributed by atoms with van der Waals surface area (Å²) in [6.45, 7) is 1.27. The van der Waals surface area contributed by atoms with Crippen LogP contribution in [0.5, 0.6) is 0 Å². The molecule has 4 heterocycles. The minimum atomic E-state index is -0.836. The van der Waals surface area contributed by atoms with Crippen LogP contribution in [0.25, 0.3) is 11.1 Å². The Morgan fingerprint density at radius 1 is 0.704 bits per heavy atom. The molecule has 2 fully saturated rings. The van der Waals surface area contributed by atoms with Gasteiger partial charge in [0.25, 0.3) is 0 Å². The van der Waals surface area contributed by atoms with Gasteiger partial charge in [0.15, 0.2) is 0 Å². The number of carbonyl (C=O) groups excluding carboxylic acids is 4. The summed E-state index contributed by atoms with van der Waals surface area (Å²) in [6.07, 6.45) is 16.6. The minimum Gasteiger partial charge on any atom is -0.453 e. The molecule has 4 aliphatic rings. The number of ether oxygens (including phenoxy) is 4. The number of nitrogens with one attached hydrogen (secondary N) is 4. The highest BCUT2D eigenvalue weighted by Gasteiger charge is 2.38. The van der Waals surface area contributed by atoms with E-state index in [2.05, 4.69) is 32.8 Å². The molecular weight excluding hydrogens is 696 g/mol. The van der Waals surface area contributed by atoms with Gasteiger partial charge in [0, 0.05) is 27.3 Å². The summed E-state index contributed by atoms with van der Waals surface area (Å²) in [6, 6.07) is -2.06. The second kappa shape index (κ2) is 18.1. The first-order valence-electron chi connectivity index (χ1n) is 19.0. The lowest BCUT2D eigenvalue weighted by Crippen LogP contribution is -2.50. The summed E-state index contributed by atoms with van der Waals surface area (Å²) in [5.41, 5.74) is 4.52. The molecule has 6 atom stereocenters. The predicted molar refractivity (Wildman–Crippen MR) is 198 cm³/mol. The Labute approximate surface area is 315 Å². The average molecular weight is 751 g/mol. The third-order valence-electron chi connectivity index (χ3n) is 11.4. The first kappa shape index (κ1) is 39.0. The Hall–Kier alpha value is -4.70. The van der Waals surface area contributed by atoms with Crippen LogP contribution in [0.15, 0.2) is 24.5 Å². The van der Waals surface area contributed by atoms with E-state index in [-0.39, 0.29) is 37.1 Å². The van der Waals surface area contributed by atoms with Crippen LogP contribution >= 0.6 is 0 Å². The summed E-state index contributed by atoms with van der Waals surface area (Å²) in [4.78, 5) is 70.5. The highest BCUT2D eigenvalue weighted by molar-refractivity contribution is 5.87. The van der Waals surface area contributed by atoms with Gasteiger partial charge in [-0.25, -0.2) is 19.6 Å². The van der Waals surface area contributed by atoms with E-state index in [9.17, 15) is 19.2 Å². The Morgan fingerprint density at radius 3 is 1.48 bits per heavy atom. The van der Waals surface area contributed by atoms with Crippen LogP contribution in [0.1, 0.15) is 99.3 Å². The van der Waals surface area contributed by atoms with Crippen LogP contribution < -0.4 is 10.6 Å². The van der Waals surface area contributed by atoms with Gasteiger partial charge >= 0.3 is 12.2 Å². The lowest BCUT2D eigenvalue weighted by Gasteiger charge is -2.32. The van der Waals surface area contributed by atoms with Crippen molar-refractivity contribution in [1.29, 1.82) is 0 Å². The number of rotatable bonds is 13. The summed E-state index contributed by atoms with van der Waals surface area (Å²) in [7, 11) is 5.52. The molecule has 16 nitrogen and oxygen atoms in total. The van der Waals surface area contributed by atoms with Crippen LogP contribution in [0.2, 0.25) is 0 Å². The number of aromatic amines is 2. The number of nitrogens with zero attached hydrogens (tertiary/aromatic N) is 4. The molecule has 0 radical (unpaired) electrons. The molecule has 4 N–H and O–H groups in total. The van der Waals surface area contributed by atoms with Crippen LogP contribution in [0, 0.1) is 11.8 Å². The van der Waals surface area contributed by atoms with Gasteiger partial charge in [-0.15, -0.1) is 0 Å². The highest BCUT2D eigenvalue weighted by Crippen LogP contribution is 2.42. The molecule has 6 rings (SSSR count). The number of allylic oxidation sites excluding steroid dienone is 4. The maximum atomic E-state index is 13.4. The van der Waals surface area contributed by atoms with Gasteiger partial charge in [0.05, 0.1) is 63.3 Å². The van der Waals surface area contributed by atoms with Crippen LogP contribution in [0.3, 0.4) is 0 Å². The van der Waals surface area contributed by atoms with Gasteiger partial charge < -0.3 is 49.3 Å². The van der Waals surface area contributed by atoms with Crippen molar-refractivity contribution in [1.82, 2.24) is 40.4 Å². The molecule has 0 aromatic carbocycles. The summed E-state index contributed by atoms with van der Waals surface area (Å²) in [5.74, 6) is 2.30. The van der Waals surface area contributed by atoms with E-state index in [4.69, 9.17) is 28.9 Å². The Balaban J connectivity index is 1.03. The van der Waals surface area contributed by atoms with Crippen molar-refractivity contribution >= 4 is 35.1 Å². The lowest BCUT2D eigenvalue weighted by molar-refractivity contribution is -0.136. The van der Waals surface area contributed by atoms with Gasteiger partial charge in [-0.3, -0.25) is 9.59 Å². The number of alkyl carbamates (subject to hydrolysis) is 2. The zero-order chi connectivity index (χ0) is 38.2. The van der Waals surface area contributed by atoms with Gasteiger partial charge in [0.1, 0.15) is 23.7 Å². The molecule has 16 heteroatoms. The van der Waals surface area contributed by atoms with Crippen LogP contribution in [-0.2, 0) is 28.5 Å². The molecular formula is C38H54N8O8. The first-order chi connectivity index (χ1) is 26.2. The number of carbonyl (C=O) groups is 4. The average Bonchev–Trinajstić information content (AvgIpc) is 4.04. The smallest absolute Gasteiger partial charge is 0.407 e. The van der Waals surface area contributed by atoms with Gasteiger partial charge in [-0.1, -0.05) is 12.2 Å². The molecule has 2 unspecified atom stereocenters. The minimum absolute atomic E-state index is 0.0513. The number of hydrogen-bond acceptors (Lipinski definition) is 10. The zero-order valence-electron chi connectivity index (χ0n) is 31.7. The zero-order valence-corrected chi connectivity index (χ0v) is 31.7. The second-order valence-corrected chi connectivity index (χ2v) is 14.6. The number of H-pyrrole nitrogens is 2. The molecule has 54 heavy (non-hydrogen) atoms. The van der Waals surface area contributed by atoms with E-state index in [1.54, 1.807) is 9.80 Å². The largest absolute Gasteiger partial charge is 0.453 e. The fraction of sp³-hybridized carbons (Fsp3) is 0.632.